The lowest BCUT2D eigenvalue weighted by atomic mass is 10.1. The van der Waals surface area contributed by atoms with Crippen LogP contribution in [0.25, 0.3) is 0 Å². The second kappa shape index (κ2) is 12.9. The molecular weight excluding hydrogens is 498 g/mol. The van der Waals surface area contributed by atoms with Crippen LogP contribution < -0.4 is 19.9 Å². The number of carbonyl (C=O) groups is 1. The number of carbonyl (C=O) groups excluding carboxylic acids is 1. The van der Waals surface area contributed by atoms with Gasteiger partial charge in [0.25, 0.3) is 10.0 Å². The fourth-order valence-corrected chi connectivity index (χ4v) is 4.74. The maximum atomic E-state index is 13.4. The average molecular weight is 532 g/mol. The highest BCUT2D eigenvalue weighted by Gasteiger charge is 2.27. The molecule has 0 saturated heterocycles. The first kappa shape index (κ1) is 29.4. The van der Waals surface area contributed by atoms with E-state index in [2.05, 4.69) is 11.7 Å². The van der Waals surface area contributed by atoms with Crippen LogP contribution in [0.2, 0.25) is 0 Å². The minimum Gasteiger partial charge on any atom is -0.493 e. The number of rotatable bonds is 11. The van der Waals surface area contributed by atoms with E-state index in [0.29, 0.717) is 11.4 Å². The van der Waals surface area contributed by atoms with Crippen LogP contribution >= 0.6 is 0 Å². The normalized spacial score (nSPS) is 11.6. The van der Waals surface area contributed by atoms with Crippen LogP contribution in [0.4, 0.5) is 5.69 Å². The van der Waals surface area contributed by atoms with Crippen molar-refractivity contribution in [2.24, 2.45) is 0 Å². The van der Waals surface area contributed by atoms with Crippen molar-refractivity contribution in [2.45, 2.75) is 31.3 Å². The summed E-state index contributed by atoms with van der Waals surface area (Å²) in [5, 5.41) is 4.18. The Morgan fingerprint density at radius 2 is 1.59 bits per heavy atom. The SMILES string of the molecule is C=CC(Cc1cc(C(=O)c2cc(OC)c(OC)c(OC)c2)nn1S(=O)(=O)c1ccc(N)cc1)OC.CC. The molecule has 200 valence electrons. The fraction of sp³-hybridized carbons (Fsp3) is 0.308. The molecule has 0 saturated carbocycles. The lowest BCUT2D eigenvalue weighted by Gasteiger charge is -2.13. The van der Waals surface area contributed by atoms with Gasteiger partial charge in [0.15, 0.2) is 11.5 Å². The lowest BCUT2D eigenvalue weighted by molar-refractivity contribution is 0.103. The molecule has 2 aromatic carbocycles. The fourth-order valence-electron chi connectivity index (χ4n) is 3.43. The molecule has 2 N–H and O–H groups in total. The van der Waals surface area contributed by atoms with E-state index in [4.69, 9.17) is 24.7 Å². The summed E-state index contributed by atoms with van der Waals surface area (Å²) >= 11 is 0. The van der Waals surface area contributed by atoms with Crippen LogP contribution in [0.3, 0.4) is 0 Å². The van der Waals surface area contributed by atoms with Gasteiger partial charge in [-0.1, -0.05) is 19.9 Å². The topological polar surface area (TPSA) is 132 Å². The third-order valence-corrected chi connectivity index (χ3v) is 6.93. The third-order valence-electron chi connectivity index (χ3n) is 5.29. The third kappa shape index (κ3) is 6.30. The number of hydrogen-bond acceptors (Lipinski definition) is 9. The zero-order valence-corrected chi connectivity index (χ0v) is 22.7. The number of nitrogens with two attached hydrogens (primary N) is 1. The molecule has 1 heterocycles. The molecule has 37 heavy (non-hydrogen) atoms. The second-order valence-electron chi connectivity index (χ2n) is 7.40. The van der Waals surface area contributed by atoms with Gasteiger partial charge in [-0.15, -0.1) is 6.58 Å². The summed E-state index contributed by atoms with van der Waals surface area (Å²) in [5.74, 6) is 0.327. The maximum Gasteiger partial charge on any atom is 0.283 e. The molecule has 3 rings (SSSR count). The van der Waals surface area contributed by atoms with Crippen molar-refractivity contribution in [1.82, 2.24) is 9.19 Å². The molecule has 1 atom stereocenters. The largest absolute Gasteiger partial charge is 0.493 e. The van der Waals surface area contributed by atoms with E-state index in [9.17, 15) is 13.2 Å². The van der Waals surface area contributed by atoms with Gasteiger partial charge in [0, 0.05) is 24.8 Å². The van der Waals surface area contributed by atoms with Crippen molar-refractivity contribution in [1.29, 1.82) is 0 Å². The minimum absolute atomic E-state index is 0.0320. The monoisotopic (exact) mass is 531 g/mol. The van der Waals surface area contributed by atoms with Gasteiger partial charge in [-0.2, -0.15) is 17.6 Å². The van der Waals surface area contributed by atoms with Gasteiger partial charge in [-0.3, -0.25) is 4.79 Å². The van der Waals surface area contributed by atoms with Crippen molar-refractivity contribution in [3.63, 3.8) is 0 Å². The summed E-state index contributed by atoms with van der Waals surface area (Å²) in [5.41, 5.74) is 6.43. The van der Waals surface area contributed by atoms with Crippen molar-refractivity contribution in [3.8, 4) is 17.2 Å². The van der Waals surface area contributed by atoms with Gasteiger partial charge in [0.2, 0.25) is 11.5 Å². The Balaban J connectivity index is 0.00000235. The maximum absolute atomic E-state index is 13.4. The molecule has 0 spiro atoms. The molecule has 0 bridgehead atoms. The molecule has 11 heteroatoms. The molecule has 0 aliphatic heterocycles. The van der Waals surface area contributed by atoms with E-state index < -0.39 is 21.9 Å². The van der Waals surface area contributed by atoms with E-state index in [-0.39, 0.29) is 39.8 Å². The number of hydrogen-bond donors (Lipinski definition) is 1. The number of anilines is 1. The number of benzene rings is 2. The van der Waals surface area contributed by atoms with Crippen LogP contribution in [0.15, 0.2) is 60.0 Å². The molecule has 10 nitrogen and oxygen atoms in total. The van der Waals surface area contributed by atoms with Crippen LogP contribution in [0, 0.1) is 0 Å². The lowest BCUT2D eigenvalue weighted by Crippen LogP contribution is -2.21. The first-order chi connectivity index (χ1) is 17.7. The van der Waals surface area contributed by atoms with E-state index in [1.807, 2.05) is 13.8 Å². The standard InChI is InChI=1S/C24H27N3O7S.C2H6/c1-6-18(31-2)13-17-14-20(26-27(17)35(29,30)19-9-7-16(25)8-10-19)23(28)15-11-21(32-3)24(34-5)22(12-15)33-4;1-2/h6-12,14,18H,1,13,25H2,2-5H3;1-2H3. The summed E-state index contributed by atoms with van der Waals surface area (Å²) in [6.45, 7) is 7.71. The van der Waals surface area contributed by atoms with E-state index in [1.54, 1.807) is 0 Å². The quantitative estimate of drug-likeness (QED) is 0.223. The van der Waals surface area contributed by atoms with E-state index in [1.165, 1.54) is 77.0 Å². The Morgan fingerprint density at radius 1 is 1.03 bits per heavy atom. The summed E-state index contributed by atoms with van der Waals surface area (Å²) in [6, 6.07) is 10.0. The Hall–Kier alpha value is -3.83. The van der Waals surface area contributed by atoms with Crippen LogP contribution in [0.5, 0.6) is 17.2 Å². The molecule has 0 aliphatic rings. The Bertz CT molecular complexity index is 1310. The molecule has 0 amide bonds. The van der Waals surface area contributed by atoms with E-state index >= 15 is 0 Å². The van der Waals surface area contributed by atoms with Gasteiger partial charge < -0.3 is 24.7 Å². The van der Waals surface area contributed by atoms with Gasteiger partial charge in [-0.25, -0.2) is 0 Å². The minimum atomic E-state index is -4.14. The highest BCUT2D eigenvalue weighted by atomic mass is 32.2. The average Bonchev–Trinajstić information content (AvgIpc) is 3.36. The number of nitrogens with zero attached hydrogens (tertiary/aromatic N) is 2. The Labute approximate surface area is 217 Å². The number of nitrogen functional groups attached to an aromatic ring is 1. The molecular formula is C26H33N3O7S. The number of methoxy groups -OCH3 is 4. The number of ketones is 1. The molecule has 1 aromatic heterocycles. The summed E-state index contributed by atoms with van der Waals surface area (Å²) in [4.78, 5) is 13.4. The van der Waals surface area contributed by atoms with Crippen LogP contribution in [0.1, 0.15) is 35.6 Å². The second-order valence-corrected chi connectivity index (χ2v) is 9.16. The van der Waals surface area contributed by atoms with Crippen LogP contribution in [-0.2, 0) is 21.2 Å². The number of aromatic nitrogens is 2. The molecule has 0 fully saturated rings. The van der Waals surface area contributed by atoms with Crippen molar-refractivity contribution in [2.75, 3.05) is 34.2 Å². The highest BCUT2D eigenvalue weighted by Crippen LogP contribution is 2.38. The zero-order chi connectivity index (χ0) is 27.8. The van der Waals surface area contributed by atoms with Crippen molar-refractivity contribution >= 4 is 21.5 Å². The number of ether oxygens (including phenoxy) is 4. The van der Waals surface area contributed by atoms with E-state index in [0.717, 1.165) is 4.09 Å². The van der Waals surface area contributed by atoms with Crippen molar-refractivity contribution in [3.05, 3.63) is 72.1 Å². The first-order valence-corrected chi connectivity index (χ1v) is 12.8. The Kier molecular flexibility index (Phi) is 10.3. The zero-order valence-electron chi connectivity index (χ0n) is 21.8. The highest BCUT2D eigenvalue weighted by molar-refractivity contribution is 7.89. The summed E-state index contributed by atoms with van der Waals surface area (Å²) in [6.07, 6.45) is 1.15. The predicted molar refractivity (Wildman–Crippen MR) is 141 cm³/mol. The van der Waals surface area contributed by atoms with Crippen LogP contribution in [-0.4, -0.2) is 57.9 Å². The van der Waals surface area contributed by atoms with Gasteiger partial charge in [0.05, 0.1) is 38.0 Å². The molecule has 0 radical (unpaired) electrons. The Morgan fingerprint density at radius 3 is 2.05 bits per heavy atom. The van der Waals surface area contributed by atoms with Crippen molar-refractivity contribution < 1.29 is 32.2 Å². The predicted octanol–water partition coefficient (Wildman–Crippen LogP) is 3.73. The molecule has 1 unspecified atom stereocenters. The molecule has 3 aromatic rings. The van der Waals surface area contributed by atoms with Gasteiger partial charge >= 0.3 is 0 Å². The summed E-state index contributed by atoms with van der Waals surface area (Å²) < 4.78 is 48.9. The summed E-state index contributed by atoms with van der Waals surface area (Å²) in [7, 11) is 1.64. The molecule has 0 aliphatic carbocycles. The smallest absolute Gasteiger partial charge is 0.283 e. The first-order valence-electron chi connectivity index (χ1n) is 11.4. The van der Waals surface area contributed by atoms with Gasteiger partial charge in [-0.05, 0) is 42.5 Å². The van der Waals surface area contributed by atoms with Gasteiger partial charge in [0.1, 0.15) is 5.69 Å².